The third kappa shape index (κ3) is 2.07. The van der Waals surface area contributed by atoms with E-state index in [0.717, 1.165) is 0 Å². The van der Waals surface area contributed by atoms with Crippen molar-refractivity contribution in [2.45, 2.75) is 0 Å². The zero-order valence-electron chi connectivity index (χ0n) is 10.3. The molecule has 0 spiro atoms. The molecule has 2 heterocycles. The van der Waals surface area contributed by atoms with Gasteiger partial charge >= 0.3 is 0 Å². The second kappa shape index (κ2) is 4.65. The third-order valence-corrected chi connectivity index (χ3v) is 2.77. The number of fused-ring (bicyclic) bond motifs is 1. The first kappa shape index (κ1) is 12.2. The number of benzene rings is 1. The molecule has 0 atom stereocenters. The number of amides is 1. The summed E-state index contributed by atoms with van der Waals surface area (Å²) < 4.78 is 18.4. The zero-order chi connectivity index (χ0) is 14.1. The van der Waals surface area contributed by atoms with Crippen LogP contribution in [0.2, 0.25) is 0 Å². The number of pyridine rings is 1. The van der Waals surface area contributed by atoms with Gasteiger partial charge in [0.15, 0.2) is 5.58 Å². The molecule has 3 aromatic rings. The van der Waals surface area contributed by atoms with Crippen LogP contribution in [0, 0.1) is 5.82 Å². The molecule has 0 aliphatic carbocycles. The van der Waals surface area contributed by atoms with Gasteiger partial charge in [0.1, 0.15) is 17.0 Å². The second-order valence-electron chi connectivity index (χ2n) is 4.16. The predicted octanol–water partition coefficient (Wildman–Crippen LogP) is 2.80. The molecule has 0 saturated heterocycles. The molecule has 5 nitrogen and oxygen atoms in total. The van der Waals surface area contributed by atoms with E-state index in [9.17, 15) is 9.18 Å². The van der Waals surface area contributed by atoms with Crippen LogP contribution >= 0.6 is 0 Å². The molecule has 1 amide bonds. The summed E-state index contributed by atoms with van der Waals surface area (Å²) in [6, 6.07) is 8.90. The highest BCUT2D eigenvalue weighted by molar-refractivity contribution is 6.10. The minimum absolute atomic E-state index is 0.0389. The van der Waals surface area contributed by atoms with Crippen LogP contribution in [0.3, 0.4) is 0 Å². The summed E-state index contributed by atoms with van der Waals surface area (Å²) in [4.78, 5) is 16.1. The fourth-order valence-electron chi connectivity index (χ4n) is 1.87. The van der Waals surface area contributed by atoms with Gasteiger partial charge in [-0.05, 0) is 30.3 Å². The molecular formula is C14H10FN3O2. The maximum Gasteiger partial charge on any atom is 0.293 e. The number of nitrogens with one attached hydrogen (secondary N) is 1. The molecule has 3 N–H and O–H groups in total. The van der Waals surface area contributed by atoms with E-state index in [-0.39, 0.29) is 11.4 Å². The number of rotatable bonds is 2. The van der Waals surface area contributed by atoms with Crippen molar-refractivity contribution in [3.8, 4) is 0 Å². The zero-order valence-corrected chi connectivity index (χ0v) is 10.3. The second-order valence-corrected chi connectivity index (χ2v) is 4.16. The standard InChI is InChI=1S/C14H10FN3O2/c15-8-3-1-4-9(7-8)18-14(19)13-11(16)12-10(20-13)5-2-6-17-12/h1-7H,16H2,(H,18,19). The minimum atomic E-state index is -0.550. The van der Waals surface area contributed by atoms with Gasteiger partial charge in [0.2, 0.25) is 5.76 Å². The van der Waals surface area contributed by atoms with E-state index in [2.05, 4.69) is 10.3 Å². The van der Waals surface area contributed by atoms with Crippen molar-refractivity contribution in [1.82, 2.24) is 4.98 Å². The van der Waals surface area contributed by atoms with Gasteiger partial charge in [-0.25, -0.2) is 4.39 Å². The highest BCUT2D eigenvalue weighted by Crippen LogP contribution is 2.26. The maximum absolute atomic E-state index is 13.1. The Morgan fingerprint density at radius 2 is 2.15 bits per heavy atom. The fourth-order valence-corrected chi connectivity index (χ4v) is 1.87. The number of halogens is 1. The number of carbonyl (C=O) groups is 1. The molecule has 1 aromatic carbocycles. The van der Waals surface area contributed by atoms with Crippen LogP contribution in [0.25, 0.3) is 11.1 Å². The number of hydrogen-bond acceptors (Lipinski definition) is 4. The number of nitrogens with two attached hydrogens (primary N) is 1. The smallest absolute Gasteiger partial charge is 0.293 e. The minimum Gasteiger partial charge on any atom is -0.447 e. The first-order chi connectivity index (χ1) is 9.65. The van der Waals surface area contributed by atoms with Crippen molar-refractivity contribution in [3.63, 3.8) is 0 Å². The number of anilines is 2. The lowest BCUT2D eigenvalue weighted by atomic mass is 10.3. The molecule has 0 bridgehead atoms. The van der Waals surface area contributed by atoms with E-state index in [1.807, 2.05) is 0 Å². The predicted molar refractivity (Wildman–Crippen MR) is 72.8 cm³/mol. The topological polar surface area (TPSA) is 81.2 Å². The van der Waals surface area contributed by atoms with Crippen molar-refractivity contribution in [3.05, 3.63) is 54.2 Å². The van der Waals surface area contributed by atoms with E-state index in [0.29, 0.717) is 16.8 Å². The van der Waals surface area contributed by atoms with Gasteiger partial charge in [-0.3, -0.25) is 9.78 Å². The van der Waals surface area contributed by atoms with Crippen LogP contribution in [0.4, 0.5) is 15.8 Å². The SMILES string of the molecule is Nc1c(C(=O)Nc2cccc(F)c2)oc2cccnc12. The Balaban J connectivity index is 1.95. The lowest BCUT2D eigenvalue weighted by Gasteiger charge is -2.03. The molecule has 0 radical (unpaired) electrons. The third-order valence-electron chi connectivity index (χ3n) is 2.77. The molecule has 100 valence electrons. The Morgan fingerprint density at radius 3 is 2.90 bits per heavy atom. The molecule has 0 aliphatic heterocycles. The monoisotopic (exact) mass is 271 g/mol. The molecule has 3 rings (SSSR count). The molecule has 0 fully saturated rings. The Bertz CT molecular complexity index is 798. The summed E-state index contributed by atoms with van der Waals surface area (Å²) in [6.07, 6.45) is 1.56. The highest BCUT2D eigenvalue weighted by Gasteiger charge is 2.19. The van der Waals surface area contributed by atoms with Crippen molar-refractivity contribution in [2.75, 3.05) is 11.1 Å². The molecule has 0 saturated carbocycles. The Hall–Kier alpha value is -2.89. The summed E-state index contributed by atoms with van der Waals surface area (Å²) in [5.41, 5.74) is 7.17. The van der Waals surface area contributed by atoms with Gasteiger partial charge in [-0.2, -0.15) is 0 Å². The number of nitrogens with zero attached hydrogens (tertiary/aromatic N) is 1. The first-order valence-corrected chi connectivity index (χ1v) is 5.85. The van der Waals surface area contributed by atoms with Crippen LogP contribution in [0.5, 0.6) is 0 Å². The average molecular weight is 271 g/mol. The molecular weight excluding hydrogens is 261 g/mol. The van der Waals surface area contributed by atoms with Gasteiger partial charge in [-0.1, -0.05) is 6.07 Å². The summed E-state index contributed by atoms with van der Waals surface area (Å²) in [7, 11) is 0. The van der Waals surface area contributed by atoms with Gasteiger partial charge < -0.3 is 15.5 Å². The van der Waals surface area contributed by atoms with Crippen LogP contribution in [0.1, 0.15) is 10.6 Å². The summed E-state index contributed by atoms with van der Waals surface area (Å²) in [6.45, 7) is 0. The molecule has 2 aromatic heterocycles. The van der Waals surface area contributed by atoms with E-state index in [1.54, 1.807) is 24.4 Å². The lowest BCUT2D eigenvalue weighted by Crippen LogP contribution is -2.12. The van der Waals surface area contributed by atoms with E-state index in [1.165, 1.54) is 18.2 Å². The van der Waals surface area contributed by atoms with E-state index >= 15 is 0 Å². The van der Waals surface area contributed by atoms with Gasteiger partial charge in [0.05, 0.1) is 0 Å². The van der Waals surface area contributed by atoms with E-state index in [4.69, 9.17) is 10.2 Å². The van der Waals surface area contributed by atoms with E-state index < -0.39 is 11.7 Å². The van der Waals surface area contributed by atoms with Gasteiger partial charge in [0, 0.05) is 11.9 Å². The van der Waals surface area contributed by atoms with Gasteiger partial charge in [0.25, 0.3) is 5.91 Å². The molecule has 0 unspecified atom stereocenters. The number of nitrogen functional groups attached to an aromatic ring is 1. The van der Waals surface area contributed by atoms with Crippen LogP contribution in [-0.4, -0.2) is 10.9 Å². The van der Waals surface area contributed by atoms with Crippen molar-refractivity contribution < 1.29 is 13.6 Å². The summed E-state index contributed by atoms with van der Waals surface area (Å²) in [5.74, 6) is -1.03. The largest absolute Gasteiger partial charge is 0.447 e. The fraction of sp³-hybridized carbons (Fsp3) is 0. The number of carbonyl (C=O) groups excluding carboxylic acids is 1. The average Bonchev–Trinajstić information content (AvgIpc) is 2.77. The summed E-state index contributed by atoms with van der Waals surface area (Å²) >= 11 is 0. The van der Waals surface area contributed by atoms with Crippen LogP contribution in [-0.2, 0) is 0 Å². The maximum atomic E-state index is 13.1. The van der Waals surface area contributed by atoms with Crippen molar-refractivity contribution >= 4 is 28.4 Å². The van der Waals surface area contributed by atoms with Gasteiger partial charge in [-0.15, -0.1) is 0 Å². The Labute approximate surface area is 113 Å². The first-order valence-electron chi connectivity index (χ1n) is 5.85. The number of furan rings is 1. The van der Waals surface area contributed by atoms with Crippen molar-refractivity contribution in [2.24, 2.45) is 0 Å². The molecule has 20 heavy (non-hydrogen) atoms. The van der Waals surface area contributed by atoms with Crippen molar-refractivity contribution in [1.29, 1.82) is 0 Å². The van der Waals surface area contributed by atoms with Crippen LogP contribution < -0.4 is 11.1 Å². The number of hydrogen-bond donors (Lipinski definition) is 2. The lowest BCUT2D eigenvalue weighted by molar-refractivity contribution is 0.1000. The molecule has 6 heteroatoms. The highest BCUT2D eigenvalue weighted by atomic mass is 19.1. The molecule has 0 aliphatic rings. The normalized spacial score (nSPS) is 10.7. The quantitative estimate of drug-likeness (QED) is 0.751. The Kier molecular flexibility index (Phi) is 2.83. The van der Waals surface area contributed by atoms with Crippen LogP contribution in [0.15, 0.2) is 47.0 Å². The number of aromatic nitrogens is 1. The Morgan fingerprint density at radius 1 is 1.30 bits per heavy atom. The summed E-state index contributed by atoms with van der Waals surface area (Å²) in [5, 5.41) is 2.52.